The smallest absolute Gasteiger partial charge is 0.261 e. The van der Waals surface area contributed by atoms with Crippen LogP contribution in [0.1, 0.15) is 23.7 Å². The van der Waals surface area contributed by atoms with Gasteiger partial charge in [0, 0.05) is 19.0 Å². The lowest BCUT2D eigenvalue weighted by Crippen LogP contribution is -2.43. The number of likely N-dealkylation sites (N-methyl/N-ethyl adjacent to an activating group) is 1. The molecule has 2 heterocycles. The van der Waals surface area contributed by atoms with Crippen molar-refractivity contribution in [2.24, 2.45) is 4.99 Å². The summed E-state index contributed by atoms with van der Waals surface area (Å²) < 4.78 is 19.5. The highest BCUT2D eigenvalue weighted by atomic mass is 32.2. The van der Waals surface area contributed by atoms with E-state index in [4.69, 9.17) is 9.73 Å². The molecule has 0 bridgehead atoms. The van der Waals surface area contributed by atoms with Crippen molar-refractivity contribution >= 4 is 36.1 Å². The molecule has 1 spiro atoms. The first-order valence-corrected chi connectivity index (χ1v) is 9.62. The van der Waals surface area contributed by atoms with E-state index in [1.54, 1.807) is 24.1 Å². The zero-order valence-electron chi connectivity index (χ0n) is 14.8. The van der Waals surface area contributed by atoms with Crippen molar-refractivity contribution < 1.29 is 13.9 Å². The molecule has 0 saturated heterocycles. The van der Waals surface area contributed by atoms with Gasteiger partial charge < -0.3 is 4.74 Å². The maximum Gasteiger partial charge on any atom is 0.261 e. The predicted molar refractivity (Wildman–Crippen MR) is 104 cm³/mol. The number of aliphatic imine (C=N–C) groups is 1. The summed E-state index contributed by atoms with van der Waals surface area (Å²) in [5.74, 6) is 0.308. The molecular weight excluding hydrogens is 350 g/mol. The number of ether oxygens (including phenoxy) is 1. The first-order chi connectivity index (χ1) is 12.4. The third kappa shape index (κ3) is 2.53. The van der Waals surface area contributed by atoms with Gasteiger partial charge in [-0.05, 0) is 30.0 Å². The van der Waals surface area contributed by atoms with Crippen LogP contribution in [-0.4, -0.2) is 37.1 Å². The van der Waals surface area contributed by atoms with Gasteiger partial charge in [-0.25, -0.2) is 9.38 Å². The molecule has 0 aliphatic carbocycles. The van der Waals surface area contributed by atoms with Gasteiger partial charge in [0.25, 0.3) is 5.91 Å². The Balaban J connectivity index is 1.87. The van der Waals surface area contributed by atoms with Crippen LogP contribution >= 0.6 is 11.8 Å². The quantitative estimate of drug-likeness (QED) is 0.723. The van der Waals surface area contributed by atoms with Crippen LogP contribution in [0.5, 0.6) is 5.75 Å². The van der Waals surface area contributed by atoms with E-state index in [0.717, 1.165) is 16.6 Å². The van der Waals surface area contributed by atoms with Gasteiger partial charge in [-0.3, -0.25) is 9.69 Å². The summed E-state index contributed by atoms with van der Waals surface area (Å²) in [5.41, 5.74) is 1.69. The van der Waals surface area contributed by atoms with Crippen LogP contribution in [0.4, 0.5) is 4.39 Å². The second-order valence-electron chi connectivity index (χ2n) is 6.68. The number of amidine groups is 1. The van der Waals surface area contributed by atoms with Crippen molar-refractivity contribution in [3.8, 4) is 5.75 Å². The molecule has 7 heteroatoms. The van der Waals surface area contributed by atoms with E-state index in [1.807, 2.05) is 32.3 Å². The Labute approximate surface area is 156 Å². The van der Waals surface area contributed by atoms with E-state index in [0.29, 0.717) is 17.3 Å². The Bertz CT molecular complexity index is 918. The number of halogens is 1. The standard InChI is InChI=1S/C19H18BFN2O2S/c1-23-17(24)19(22-18(23)26-2)10-16(11-3-6-13(21)7-4-11)25-15-8-5-12(20)9-14(15)19/h3-9,16H,10,20H2,1-2H3. The van der Waals surface area contributed by atoms with Crippen molar-refractivity contribution in [2.45, 2.75) is 18.1 Å². The van der Waals surface area contributed by atoms with Crippen LogP contribution < -0.4 is 10.2 Å². The molecule has 2 aromatic rings. The number of hydrogen-bond acceptors (Lipinski definition) is 4. The van der Waals surface area contributed by atoms with Crippen LogP contribution in [0.3, 0.4) is 0 Å². The van der Waals surface area contributed by atoms with Gasteiger partial charge in [-0.2, -0.15) is 0 Å². The first kappa shape index (κ1) is 17.2. The summed E-state index contributed by atoms with van der Waals surface area (Å²) in [6, 6.07) is 12.1. The Morgan fingerprint density at radius 2 is 2.04 bits per heavy atom. The van der Waals surface area contributed by atoms with Crippen molar-refractivity contribution in [2.75, 3.05) is 13.3 Å². The molecule has 2 aliphatic rings. The number of hydrogen-bond donors (Lipinski definition) is 0. The van der Waals surface area contributed by atoms with E-state index in [9.17, 15) is 9.18 Å². The lowest BCUT2D eigenvalue weighted by molar-refractivity contribution is -0.132. The summed E-state index contributed by atoms with van der Waals surface area (Å²) in [5, 5.41) is 0.696. The maximum atomic E-state index is 13.3. The molecule has 0 radical (unpaired) electrons. The van der Waals surface area contributed by atoms with Crippen molar-refractivity contribution in [3.63, 3.8) is 0 Å². The Hall–Kier alpha value is -2.28. The highest BCUT2D eigenvalue weighted by Gasteiger charge is 2.53. The van der Waals surface area contributed by atoms with Crippen molar-refractivity contribution in [3.05, 3.63) is 59.4 Å². The van der Waals surface area contributed by atoms with Gasteiger partial charge in [-0.1, -0.05) is 41.5 Å². The predicted octanol–water partition coefficient (Wildman–Crippen LogP) is 1.99. The monoisotopic (exact) mass is 368 g/mol. The molecule has 2 aromatic carbocycles. The number of amides is 1. The SMILES string of the molecule is Bc1ccc2c(c1)C1(CC(c3ccc(F)cc3)O2)N=C(SC)N(C)C1=O. The third-order valence-corrected chi connectivity index (χ3v) is 5.72. The van der Waals surface area contributed by atoms with Gasteiger partial charge in [0.2, 0.25) is 0 Å². The minimum absolute atomic E-state index is 0.0517. The molecule has 4 rings (SSSR count). The molecule has 26 heavy (non-hydrogen) atoms. The molecule has 0 N–H and O–H groups in total. The summed E-state index contributed by atoms with van der Waals surface area (Å²) in [4.78, 5) is 19.7. The first-order valence-electron chi connectivity index (χ1n) is 8.40. The molecule has 0 fully saturated rings. The molecule has 132 valence electrons. The van der Waals surface area contributed by atoms with E-state index < -0.39 is 5.54 Å². The maximum absolute atomic E-state index is 13.3. The molecular formula is C19H18BFN2O2S. The van der Waals surface area contributed by atoms with Crippen molar-refractivity contribution in [1.82, 2.24) is 4.90 Å². The average Bonchev–Trinajstić information content (AvgIpc) is 2.88. The van der Waals surface area contributed by atoms with E-state index in [2.05, 4.69) is 0 Å². The van der Waals surface area contributed by atoms with E-state index in [1.165, 1.54) is 23.9 Å². The topological polar surface area (TPSA) is 41.9 Å². The Morgan fingerprint density at radius 1 is 1.31 bits per heavy atom. The third-order valence-electron chi connectivity index (χ3n) is 4.99. The van der Waals surface area contributed by atoms with Crippen LogP contribution in [0.2, 0.25) is 0 Å². The van der Waals surface area contributed by atoms with Crippen LogP contribution in [0.25, 0.3) is 0 Å². The summed E-state index contributed by atoms with van der Waals surface area (Å²) in [6.45, 7) is 0. The lowest BCUT2D eigenvalue weighted by Gasteiger charge is -2.37. The normalized spacial score (nSPS) is 24.4. The van der Waals surface area contributed by atoms with Crippen LogP contribution in [-0.2, 0) is 10.3 Å². The molecule has 4 nitrogen and oxygen atoms in total. The summed E-state index contributed by atoms with van der Waals surface area (Å²) in [7, 11) is 3.74. The number of fused-ring (bicyclic) bond motifs is 2. The number of carbonyl (C=O) groups is 1. The van der Waals surface area contributed by atoms with Gasteiger partial charge in [0.15, 0.2) is 10.7 Å². The Morgan fingerprint density at radius 3 is 2.69 bits per heavy atom. The van der Waals surface area contributed by atoms with Crippen LogP contribution in [0.15, 0.2) is 47.5 Å². The minimum Gasteiger partial charge on any atom is -0.485 e. The zero-order valence-corrected chi connectivity index (χ0v) is 15.6. The fourth-order valence-electron chi connectivity index (χ4n) is 3.65. The fraction of sp³-hybridized carbons (Fsp3) is 0.263. The van der Waals surface area contributed by atoms with Gasteiger partial charge in [-0.15, -0.1) is 0 Å². The second-order valence-corrected chi connectivity index (χ2v) is 7.46. The Kier molecular flexibility index (Phi) is 4.06. The molecule has 0 saturated carbocycles. The highest BCUT2D eigenvalue weighted by molar-refractivity contribution is 8.13. The number of nitrogens with zero attached hydrogens (tertiary/aromatic N) is 2. The molecule has 1 amide bonds. The van der Waals surface area contributed by atoms with Crippen molar-refractivity contribution in [1.29, 1.82) is 0 Å². The molecule has 2 atom stereocenters. The summed E-state index contributed by atoms with van der Waals surface area (Å²) >= 11 is 1.45. The second kappa shape index (κ2) is 6.16. The number of thioether (sulfide) groups is 1. The lowest BCUT2D eigenvalue weighted by atomic mass is 9.78. The van der Waals surface area contributed by atoms with Gasteiger partial charge >= 0.3 is 0 Å². The average molecular weight is 368 g/mol. The fourth-order valence-corrected chi connectivity index (χ4v) is 4.25. The molecule has 2 aliphatic heterocycles. The highest BCUT2D eigenvalue weighted by Crippen LogP contribution is 2.50. The molecule has 0 aromatic heterocycles. The van der Waals surface area contributed by atoms with Gasteiger partial charge in [0.05, 0.1) is 0 Å². The zero-order chi connectivity index (χ0) is 18.5. The summed E-state index contributed by atoms with van der Waals surface area (Å²) in [6.07, 6.45) is 1.94. The number of benzene rings is 2. The van der Waals surface area contributed by atoms with Gasteiger partial charge in [0.1, 0.15) is 25.5 Å². The number of rotatable bonds is 1. The van der Waals surface area contributed by atoms with E-state index >= 15 is 0 Å². The minimum atomic E-state index is -0.994. The molecule has 2 unspecified atom stereocenters. The van der Waals surface area contributed by atoms with Crippen LogP contribution in [0, 0.1) is 5.82 Å². The largest absolute Gasteiger partial charge is 0.485 e. The van der Waals surface area contributed by atoms with E-state index in [-0.39, 0.29) is 17.8 Å². The number of carbonyl (C=O) groups excluding carboxylic acids is 1.